The first-order valence-electron chi connectivity index (χ1n) is 11.0. The summed E-state index contributed by atoms with van der Waals surface area (Å²) in [4.78, 5) is 9.44. The molecule has 0 fully saturated rings. The van der Waals surface area contributed by atoms with Gasteiger partial charge in [-0.2, -0.15) is 12.3 Å². The molecule has 195 valence electrons. The van der Waals surface area contributed by atoms with Gasteiger partial charge < -0.3 is 10.5 Å². The molecule has 0 aliphatic heterocycles. The predicted molar refractivity (Wildman–Crippen MR) is 142 cm³/mol. The fourth-order valence-corrected chi connectivity index (χ4v) is 5.64. The minimum Gasteiger partial charge on any atom is -0.466 e. The van der Waals surface area contributed by atoms with Gasteiger partial charge in [-0.3, -0.25) is 4.98 Å². The van der Waals surface area contributed by atoms with Crippen LogP contribution in [0.2, 0.25) is 0 Å². The average molecular weight is 570 g/mol. The molecule has 0 saturated heterocycles. The molecule has 1 radical (unpaired) electrons. The second kappa shape index (κ2) is 12.2. The van der Waals surface area contributed by atoms with Crippen molar-refractivity contribution in [3.05, 3.63) is 35.7 Å². The first-order valence-corrected chi connectivity index (χ1v) is 12.7. The zero-order chi connectivity index (χ0) is 24.0. The van der Waals surface area contributed by atoms with Crippen molar-refractivity contribution in [3.63, 3.8) is 0 Å². The second-order valence-electron chi connectivity index (χ2n) is 10.7. The van der Waals surface area contributed by atoms with E-state index in [9.17, 15) is 8.42 Å². The van der Waals surface area contributed by atoms with Crippen molar-refractivity contribution in [3.8, 4) is 0 Å². The summed E-state index contributed by atoms with van der Waals surface area (Å²) in [5.41, 5.74) is 1.97. The molecule has 0 saturated carbocycles. The number of rotatable bonds is 9. The van der Waals surface area contributed by atoms with E-state index in [1.807, 2.05) is 27.7 Å². The Labute approximate surface area is 235 Å². The quantitative estimate of drug-likeness (QED) is 0.362. The van der Waals surface area contributed by atoms with Gasteiger partial charge in [0.25, 0.3) is 0 Å². The van der Waals surface area contributed by atoms with Crippen molar-refractivity contribution in [2.45, 2.75) is 96.9 Å². The normalized spacial score (nSPS) is 12.7. The van der Waals surface area contributed by atoms with Gasteiger partial charge >= 0.3 is 0 Å². The maximum absolute atomic E-state index is 11.8. The van der Waals surface area contributed by atoms with Gasteiger partial charge in [-0.05, 0) is 18.7 Å². The van der Waals surface area contributed by atoms with Gasteiger partial charge in [0.1, 0.15) is 5.82 Å². The number of primary sulfonamides is 1. The molecular weight excluding hydrogens is 521 g/mol. The zero-order valence-electron chi connectivity index (χ0n) is 21.5. The van der Waals surface area contributed by atoms with Crippen LogP contribution in [0.5, 0.6) is 0 Å². The van der Waals surface area contributed by atoms with E-state index in [-0.39, 0.29) is 64.1 Å². The van der Waals surface area contributed by atoms with Crippen LogP contribution in [0.25, 0.3) is 11.0 Å². The Hall–Kier alpha value is -0.496. The van der Waals surface area contributed by atoms with E-state index in [0.717, 1.165) is 47.0 Å². The zero-order valence-corrected chi connectivity index (χ0v) is 25.2. The fourth-order valence-electron chi connectivity index (χ4n) is 4.41. The third-order valence-electron chi connectivity index (χ3n) is 7.14. The van der Waals surface area contributed by atoms with Crippen LogP contribution in [0.1, 0.15) is 93.9 Å². The Morgan fingerprint density at radius 3 is 2.09 bits per heavy atom. The summed E-state index contributed by atoms with van der Waals surface area (Å²) in [6.07, 6.45) is 1.96. The molecule has 34 heavy (non-hydrogen) atoms. The molecule has 2 aromatic rings. The molecule has 0 amide bonds. The number of aryl methyl sites for hydroxylation is 3. The molecule has 0 spiro atoms. The molecule has 2 heterocycles. The van der Waals surface area contributed by atoms with E-state index < -0.39 is 15.4 Å². The van der Waals surface area contributed by atoms with E-state index in [4.69, 9.17) is 10.1 Å². The molecule has 0 aliphatic carbocycles. The molecule has 0 bridgehead atoms. The van der Waals surface area contributed by atoms with Gasteiger partial charge in [0.05, 0.1) is 0 Å². The van der Waals surface area contributed by atoms with Crippen LogP contribution >= 0.6 is 0 Å². The van der Waals surface area contributed by atoms with Crippen LogP contribution in [0.3, 0.4) is 0 Å². The number of aromatic nitrogens is 3. The van der Waals surface area contributed by atoms with Gasteiger partial charge in [0, 0.05) is 49.8 Å². The number of fused-ring (bicyclic) bond motifs is 1. The van der Waals surface area contributed by atoms with Crippen LogP contribution in [0, 0.1) is 42.6 Å². The number of nitrogens with zero attached hydrogens (tertiary/aromatic N) is 3. The Morgan fingerprint density at radius 1 is 1.09 bits per heavy atom. The fraction of sp³-hybridized carbons (Fsp3) is 0.692. The molecule has 0 aliphatic rings. The summed E-state index contributed by atoms with van der Waals surface area (Å²) in [6, 6.07) is 2.17. The molecule has 0 aromatic carbocycles. The van der Waals surface area contributed by atoms with Crippen LogP contribution < -0.4 is 5.14 Å². The van der Waals surface area contributed by atoms with Gasteiger partial charge in [-0.25, -0.2) is 18.5 Å². The Morgan fingerprint density at radius 2 is 1.62 bits per heavy atom. The SMILES string of the molecule is C.C.CCCc1nc(C)nc2c1cc(C)n2[CH-]C(C)(C)C(C)(C)[C-](C)C(C)(C)CS(N)(=O)=O.[Y]. The van der Waals surface area contributed by atoms with Crippen LogP contribution in [0.4, 0.5) is 0 Å². The summed E-state index contributed by atoms with van der Waals surface area (Å²) in [5.74, 6) is 1.79. The molecule has 8 heteroatoms. The molecular formula is C26H48N4O2SY-2. The largest absolute Gasteiger partial charge is 0.466 e. The van der Waals surface area contributed by atoms with E-state index in [2.05, 4.69) is 63.7 Å². The Bertz CT molecular complexity index is 1060. The maximum Gasteiger partial charge on any atom is 0.207 e. The molecule has 6 nitrogen and oxygen atoms in total. The third kappa shape index (κ3) is 7.50. The van der Waals surface area contributed by atoms with E-state index in [1.54, 1.807) is 0 Å². The minimum absolute atomic E-state index is 0. The standard InChI is InChI=1S/C24H40N4O2S.2CH4.Y/c1-11-12-20-19-13-16(2)28(21(19)27-18(4)26-20)14-23(7,8)24(9,10)17(3)22(5,6)15-31(25,29)30;;;/h13-14H,11-12,15H2,1-10H3,(H2,25,29,30);2*1H4;/q-2;;;. The second-order valence-corrected chi connectivity index (χ2v) is 12.3. The maximum atomic E-state index is 11.8. The van der Waals surface area contributed by atoms with Gasteiger partial charge in [-0.1, -0.05) is 93.8 Å². The summed E-state index contributed by atoms with van der Waals surface area (Å²) in [7, 11) is -3.59. The summed E-state index contributed by atoms with van der Waals surface area (Å²) >= 11 is 0. The van der Waals surface area contributed by atoms with Crippen molar-refractivity contribution in [1.29, 1.82) is 0 Å². The molecule has 2 aromatic heterocycles. The number of nitrogens with two attached hydrogens (primary N) is 1. The number of hydrogen-bond acceptors (Lipinski definition) is 4. The average Bonchev–Trinajstić information content (AvgIpc) is 2.88. The smallest absolute Gasteiger partial charge is 0.207 e. The third-order valence-corrected chi connectivity index (χ3v) is 8.27. The van der Waals surface area contributed by atoms with Gasteiger partial charge in [-0.15, -0.1) is 12.0 Å². The summed E-state index contributed by atoms with van der Waals surface area (Å²) < 4.78 is 25.8. The summed E-state index contributed by atoms with van der Waals surface area (Å²) in [5, 5.41) is 6.49. The first kappa shape index (κ1) is 35.7. The van der Waals surface area contributed by atoms with Gasteiger partial charge in [0.15, 0.2) is 0 Å². The Balaban J connectivity index is 0. The molecule has 2 N–H and O–H groups in total. The van der Waals surface area contributed by atoms with Crippen molar-refractivity contribution in [2.24, 2.45) is 21.4 Å². The van der Waals surface area contributed by atoms with Gasteiger partial charge in [0.2, 0.25) is 10.0 Å². The van der Waals surface area contributed by atoms with E-state index in [1.165, 1.54) is 0 Å². The number of sulfonamides is 1. The van der Waals surface area contributed by atoms with E-state index in [0.29, 0.717) is 0 Å². The van der Waals surface area contributed by atoms with Crippen LogP contribution in [-0.4, -0.2) is 28.7 Å². The van der Waals surface area contributed by atoms with E-state index >= 15 is 0 Å². The van der Waals surface area contributed by atoms with Crippen molar-refractivity contribution in [2.75, 3.05) is 5.75 Å². The monoisotopic (exact) mass is 569 g/mol. The first-order chi connectivity index (χ1) is 13.9. The molecule has 2 rings (SSSR count). The van der Waals surface area contributed by atoms with Crippen LogP contribution in [0.15, 0.2) is 6.07 Å². The minimum atomic E-state index is -3.59. The summed E-state index contributed by atoms with van der Waals surface area (Å²) in [6.45, 7) is 23.1. The number of hydrogen-bond donors (Lipinski definition) is 1. The Kier molecular flexibility index (Phi) is 12.8. The topological polar surface area (TPSA) is 90.9 Å². The van der Waals surface area contributed by atoms with Crippen molar-refractivity contribution in [1.82, 2.24) is 14.5 Å². The van der Waals surface area contributed by atoms with Crippen molar-refractivity contribution >= 4 is 21.1 Å². The van der Waals surface area contributed by atoms with Crippen molar-refractivity contribution < 1.29 is 41.1 Å². The molecule has 0 atom stereocenters. The van der Waals surface area contributed by atoms with Crippen LogP contribution in [-0.2, 0) is 49.2 Å². The molecule has 0 unspecified atom stereocenters. The predicted octanol–water partition coefficient (Wildman–Crippen LogP) is 6.24.